The van der Waals surface area contributed by atoms with E-state index in [4.69, 9.17) is 0 Å². The zero-order valence-electron chi connectivity index (χ0n) is 14.5. The molecule has 0 aliphatic carbocycles. The van der Waals surface area contributed by atoms with Gasteiger partial charge in [0.05, 0.1) is 17.2 Å². The molecule has 0 spiro atoms. The third kappa shape index (κ3) is 2.75. The second-order valence-corrected chi connectivity index (χ2v) is 7.01. The number of carbonyl (C=O) groups is 1. The molecular formula is C18H21FN4O3. The van der Waals surface area contributed by atoms with Gasteiger partial charge >= 0.3 is 5.97 Å². The Labute approximate surface area is 149 Å². The van der Waals surface area contributed by atoms with Gasteiger partial charge in [-0.15, -0.1) is 0 Å². The van der Waals surface area contributed by atoms with Gasteiger partial charge in [0.15, 0.2) is 0 Å². The van der Waals surface area contributed by atoms with Crippen LogP contribution in [0.2, 0.25) is 0 Å². The van der Waals surface area contributed by atoms with E-state index < -0.39 is 17.2 Å². The average molecular weight is 360 g/mol. The van der Waals surface area contributed by atoms with Gasteiger partial charge < -0.3 is 24.8 Å². The monoisotopic (exact) mass is 360 g/mol. The van der Waals surface area contributed by atoms with Crippen LogP contribution in [-0.2, 0) is 0 Å². The minimum atomic E-state index is -1.29. The molecule has 1 aromatic carbocycles. The minimum absolute atomic E-state index is 0.0574. The molecule has 2 saturated heterocycles. The fourth-order valence-electron chi connectivity index (χ4n) is 3.57. The maximum Gasteiger partial charge on any atom is 0.341 e. The number of benzene rings is 1. The van der Waals surface area contributed by atoms with Gasteiger partial charge in [0.25, 0.3) is 0 Å². The zero-order valence-corrected chi connectivity index (χ0v) is 14.5. The number of carboxylic acids is 1. The number of aromatic carboxylic acids is 1. The van der Waals surface area contributed by atoms with Crippen LogP contribution in [0.25, 0.3) is 10.9 Å². The largest absolute Gasteiger partial charge is 0.477 e. The van der Waals surface area contributed by atoms with Gasteiger partial charge in [-0.1, -0.05) is 0 Å². The summed E-state index contributed by atoms with van der Waals surface area (Å²) in [6.45, 7) is 4.49. The van der Waals surface area contributed by atoms with Gasteiger partial charge in [0, 0.05) is 50.9 Å². The van der Waals surface area contributed by atoms with Gasteiger partial charge in [0.1, 0.15) is 11.4 Å². The van der Waals surface area contributed by atoms with E-state index in [2.05, 4.69) is 10.2 Å². The van der Waals surface area contributed by atoms with Gasteiger partial charge in [-0.3, -0.25) is 4.79 Å². The Hall–Kier alpha value is -2.45. The Bertz CT molecular complexity index is 930. The molecule has 0 bridgehead atoms. The van der Waals surface area contributed by atoms with Crippen LogP contribution in [0, 0.1) is 5.82 Å². The van der Waals surface area contributed by atoms with Crippen molar-refractivity contribution in [2.45, 2.75) is 6.04 Å². The second-order valence-electron chi connectivity index (χ2n) is 7.01. The van der Waals surface area contributed by atoms with Crippen molar-refractivity contribution in [2.75, 3.05) is 51.2 Å². The molecule has 2 aliphatic rings. The molecule has 2 aromatic rings. The van der Waals surface area contributed by atoms with Crippen LogP contribution in [0.3, 0.4) is 0 Å². The molecular weight excluding hydrogens is 339 g/mol. The van der Waals surface area contributed by atoms with Crippen molar-refractivity contribution >= 4 is 22.6 Å². The average Bonchev–Trinajstić information content (AvgIpc) is 2.56. The number of fused-ring (bicyclic) bond motifs is 1. The highest BCUT2D eigenvalue weighted by Crippen LogP contribution is 2.28. The molecule has 0 amide bonds. The number of halogens is 1. The van der Waals surface area contributed by atoms with Crippen LogP contribution in [0.4, 0.5) is 10.1 Å². The van der Waals surface area contributed by atoms with Crippen LogP contribution >= 0.6 is 0 Å². The molecule has 8 heteroatoms. The Morgan fingerprint density at radius 1 is 1.23 bits per heavy atom. The van der Waals surface area contributed by atoms with Crippen LogP contribution in [-0.4, -0.2) is 66.9 Å². The number of pyridine rings is 1. The summed E-state index contributed by atoms with van der Waals surface area (Å²) in [6.07, 6.45) is 1.39. The highest BCUT2D eigenvalue weighted by atomic mass is 19.1. The number of nitrogens with one attached hydrogen (secondary N) is 1. The third-order valence-electron chi connectivity index (χ3n) is 5.33. The highest BCUT2D eigenvalue weighted by Gasteiger charge is 2.25. The van der Waals surface area contributed by atoms with E-state index in [1.54, 1.807) is 10.6 Å². The topological polar surface area (TPSA) is 77.8 Å². The molecule has 0 saturated carbocycles. The molecule has 0 atom stereocenters. The number of nitrogens with zero attached hydrogens (tertiary/aromatic N) is 3. The Morgan fingerprint density at radius 2 is 1.92 bits per heavy atom. The molecule has 138 valence electrons. The minimum Gasteiger partial charge on any atom is -0.477 e. The summed E-state index contributed by atoms with van der Waals surface area (Å²) < 4.78 is 16.6. The Kier molecular flexibility index (Phi) is 4.16. The first-order chi connectivity index (χ1) is 12.5. The van der Waals surface area contributed by atoms with Crippen LogP contribution in [0.1, 0.15) is 16.4 Å². The van der Waals surface area contributed by atoms with E-state index in [9.17, 15) is 19.1 Å². The Balaban J connectivity index is 1.89. The van der Waals surface area contributed by atoms with E-state index in [-0.39, 0.29) is 17.0 Å². The van der Waals surface area contributed by atoms with Crippen molar-refractivity contribution in [2.24, 2.45) is 0 Å². The number of piperazine rings is 1. The molecule has 26 heavy (non-hydrogen) atoms. The summed E-state index contributed by atoms with van der Waals surface area (Å²) >= 11 is 0. The number of rotatable bonds is 3. The van der Waals surface area contributed by atoms with Crippen molar-refractivity contribution in [3.05, 3.63) is 39.9 Å². The Morgan fingerprint density at radius 3 is 2.50 bits per heavy atom. The van der Waals surface area contributed by atoms with Crippen molar-refractivity contribution in [3.63, 3.8) is 0 Å². The molecule has 2 N–H and O–H groups in total. The summed E-state index contributed by atoms with van der Waals surface area (Å²) in [7, 11) is 2.03. The predicted octanol–water partition coefficient (Wildman–Crippen LogP) is 0.735. The number of hydrogen-bond donors (Lipinski definition) is 2. The first-order valence-electron chi connectivity index (χ1n) is 8.71. The third-order valence-corrected chi connectivity index (χ3v) is 5.33. The highest BCUT2D eigenvalue weighted by molar-refractivity contribution is 5.93. The van der Waals surface area contributed by atoms with E-state index in [0.29, 0.717) is 37.4 Å². The molecule has 0 radical (unpaired) electrons. The molecule has 2 fully saturated rings. The molecule has 0 unspecified atom stereocenters. The zero-order chi connectivity index (χ0) is 18.4. The maximum atomic E-state index is 14.8. The number of likely N-dealkylation sites (N-methyl/N-ethyl adjacent to an activating group) is 1. The van der Waals surface area contributed by atoms with Crippen molar-refractivity contribution in [1.29, 1.82) is 0 Å². The first-order valence-corrected chi connectivity index (χ1v) is 8.71. The summed E-state index contributed by atoms with van der Waals surface area (Å²) in [5.41, 5.74) is 0.0898. The SMILES string of the molecule is CN1CCN(c2cc3c(cc2F)c(=O)c(C(=O)O)cn3C2CNC2)CC1. The smallest absolute Gasteiger partial charge is 0.341 e. The molecule has 2 aliphatic heterocycles. The van der Waals surface area contributed by atoms with Gasteiger partial charge in [-0.2, -0.15) is 0 Å². The lowest BCUT2D eigenvalue weighted by Crippen LogP contribution is -2.45. The van der Waals surface area contributed by atoms with E-state index in [0.717, 1.165) is 13.1 Å². The summed E-state index contributed by atoms with van der Waals surface area (Å²) in [6, 6.07) is 2.95. The van der Waals surface area contributed by atoms with Crippen molar-refractivity contribution < 1.29 is 14.3 Å². The maximum absolute atomic E-state index is 14.8. The number of hydrogen-bond acceptors (Lipinski definition) is 5. The quantitative estimate of drug-likeness (QED) is 0.841. The number of anilines is 1. The summed E-state index contributed by atoms with van der Waals surface area (Å²) in [5.74, 6) is -1.78. The van der Waals surface area contributed by atoms with Crippen LogP contribution in [0.15, 0.2) is 23.1 Å². The van der Waals surface area contributed by atoms with Gasteiger partial charge in [-0.05, 0) is 19.2 Å². The summed E-state index contributed by atoms with van der Waals surface area (Å²) in [4.78, 5) is 28.1. The van der Waals surface area contributed by atoms with E-state index in [1.807, 2.05) is 11.9 Å². The van der Waals surface area contributed by atoms with Crippen LogP contribution < -0.4 is 15.6 Å². The number of carboxylic acid groups (broad SMARTS) is 1. The first kappa shape index (κ1) is 17.0. The summed E-state index contributed by atoms with van der Waals surface area (Å²) in [5, 5.41) is 12.6. The van der Waals surface area contributed by atoms with Crippen molar-refractivity contribution in [3.8, 4) is 0 Å². The predicted molar refractivity (Wildman–Crippen MR) is 96.7 cm³/mol. The fourth-order valence-corrected chi connectivity index (χ4v) is 3.57. The molecule has 7 nitrogen and oxygen atoms in total. The molecule has 3 heterocycles. The number of aromatic nitrogens is 1. The van der Waals surface area contributed by atoms with Crippen LogP contribution in [0.5, 0.6) is 0 Å². The molecule has 1 aromatic heterocycles. The second kappa shape index (κ2) is 6.37. The lowest BCUT2D eigenvalue weighted by Gasteiger charge is -2.35. The lowest BCUT2D eigenvalue weighted by molar-refractivity contribution is 0.0694. The van der Waals surface area contributed by atoms with E-state index >= 15 is 0 Å². The van der Waals surface area contributed by atoms with Crippen molar-refractivity contribution in [1.82, 2.24) is 14.8 Å². The van der Waals surface area contributed by atoms with E-state index in [1.165, 1.54) is 12.3 Å². The fraction of sp³-hybridized carbons (Fsp3) is 0.444. The van der Waals surface area contributed by atoms with Gasteiger partial charge in [-0.25, -0.2) is 9.18 Å². The normalized spacial score (nSPS) is 18.9. The van der Waals surface area contributed by atoms with Gasteiger partial charge in [0.2, 0.25) is 5.43 Å². The standard InChI is InChI=1S/C18H21FN4O3/c1-21-2-4-22(5-3-21)16-7-15-12(6-14(16)19)17(24)13(18(25)26)10-23(15)11-8-20-9-11/h6-7,10-11,20H,2-5,8-9H2,1H3,(H,25,26). The molecule has 4 rings (SSSR count). The lowest BCUT2D eigenvalue weighted by atomic mass is 10.1.